The molecule has 31 heavy (non-hydrogen) atoms. The van der Waals surface area contributed by atoms with E-state index < -0.39 is 0 Å². The van der Waals surface area contributed by atoms with Crippen LogP contribution in [0.5, 0.6) is 5.75 Å². The molecule has 1 saturated carbocycles. The number of nitrogens with zero attached hydrogens (tertiary/aromatic N) is 4. The first-order valence-corrected chi connectivity index (χ1v) is 11.0. The molecule has 166 valence electrons. The van der Waals surface area contributed by atoms with Crippen molar-refractivity contribution in [2.24, 2.45) is 0 Å². The number of hydrogen-bond acceptors (Lipinski definition) is 6. The first-order chi connectivity index (χ1) is 15.0. The highest BCUT2D eigenvalue weighted by Crippen LogP contribution is 2.27. The number of piperazine rings is 1. The maximum absolute atomic E-state index is 14.5. The van der Waals surface area contributed by atoms with Crippen LogP contribution >= 0.6 is 0 Å². The van der Waals surface area contributed by atoms with E-state index in [-0.39, 0.29) is 23.8 Å². The Morgan fingerprint density at radius 3 is 2.71 bits per heavy atom. The topological polar surface area (TPSA) is 70.6 Å². The summed E-state index contributed by atoms with van der Waals surface area (Å²) in [5, 5.41) is 3.11. The van der Waals surface area contributed by atoms with E-state index in [1.807, 2.05) is 4.90 Å². The second kappa shape index (κ2) is 9.49. The van der Waals surface area contributed by atoms with Crippen molar-refractivity contribution in [2.75, 3.05) is 36.5 Å². The van der Waals surface area contributed by atoms with Crippen LogP contribution in [-0.2, 0) is 0 Å². The molecule has 1 amide bonds. The summed E-state index contributed by atoms with van der Waals surface area (Å²) in [4.78, 5) is 25.7. The molecule has 1 aliphatic heterocycles. The van der Waals surface area contributed by atoms with Crippen LogP contribution in [0.15, 0.2) is 30.5 Å². The van der Waals surface area contributed by atoms with Crippen LogP contribution in [0.3, 0.4) is 0 Å². The van der Waals surface area contributed by atoms with Crippen molar-refractivity contribution in [1.82, 2.24) is 15.3 Å². The van der Waals surface area contributed by atoms with Gasteiger partial charge in [0.15, 0.2) is 0 Å². The lowest BCUT2D eigenvalue weighted by Crippen LogP contribution is -2.53. The smallest absolute Gasteiger partial charge is 0.270 e. The monoisotopic (exact) mass is 427 g/mol. The van der Waals surface area contributed by atoms with Gasteiger partial charge in [0, 0.05) is 44.0 Å². The maximum Gasteiger partial charge on any atom is 0.270 e. The summed E-state index contributed by atoms with van der Waals surface area (Å²) in [6.07, 6.45) is 7.27. The second-order valence-corrected chi connectivity index (χ2v) is 8.36. The van der Waals surface area contributed by atoms with Crippen LogP contribution in [0.2, 0.25) is 0 Å². The van der Waals surface area contributed by atoms with E-state index in [4.69, 9.17) is 4.74 Å². The van der Waals surface area contributed by atoms with Crippen molar-refractivity contribution in [2.45, 2.75) is 51.1 Å². The number of rotatable bonds is 5. The molecule has 1 saturated heterocycles. The van der Waals surface area contributed by atoms with Gasteiger partial charge in [0.05, 0.1) is 12.8 Å². The zero-order chi connectivity index (χ0) is 21.8. The summed E-state index contributed by atoms with van der Waals surface area (Å²) >= 11 is 0. The lowest BCUT2D eigenvalue weighted by atomic mass is 9.95. The molecular formula is C23H30FN5O2. The zero-order valence-corrected chi connectivity index (χ0v) is 18.2. The van der Waals surface area contributed by atoms with Gasteiger partial charge in [-0.15, -0.1) is 0 Å². The highest BCUT2D eigenvalue weighted by Gasteiger charge is 2.28. The SMILES string of the molecule is COc1ccc(N2CCN(c3nccc(C(=O)NC4CCCCC4)n3)C(C)C2)c(F)c1. The summed E-state index contributed by atoms with van der Waals surface area (Å²) in [5.74, 6) is 0.614. The van der Waals surface area contributed by atoms with Gasteiger partial charge in [-0.3, -0.25) is 4.79 Å². The third-order valence-electron chi connectivity index (χ3n) is 6.20. The largest absolute Gasteiger partial charge is 0.497 e. The van der Waals surface area contributed by atoms with Crippen molar-refractivity contribution >= 4 is 17.5 Å². The van der Waals surface area contributed by atoms with Crippen molar-refractivity contribution in [1.29, 1.82) is 0 Å². The molecule has 1 aromatic carbocycles. The van der Waals surface area contributed by atoms with Gasteiger partial charge in [0.25, 0.3) is 5.91 Å². The fourth-order valence-corrected chi connectivity index (χ4v) is 4.46. The van der Waals surface area contributed by atoms with Crippen LogP contribution in [0.1, 0.15) is 49.5 Å². The minimum atomic E-state index is -0.294. The summed E-state index contributed by atoms with van der Waals surface area (Å²) in [6.45, 7) is 3.96. The number of aromatic nitrogens is 2. The van der Waals surface area contributed by atoms with Crippen molar-refractivity contribution < 1.29 is 13.9 Å². The second-order valence-electron chi connectivity index (χ2n) is 8.36. The first kappa shape index (κ1) is 21.3. The Bertz CT molecular complexity index is 919. The van der Waals surface area contributed by atoms with Gasteiger partial charge in [-0.2, -0.15) is 0 Å². The number of hydrogen-bond donors (Lipinski definition) is 1. The first-order valence-electron chi connectivity index (χ1n) is 11.0. The minimum Gasteiger partial charge on any atom is -0.497 e. The number of carbonyl (C=O) groups is 1. The van der Waals surface area contributed by atoms with Gasteiger partial charge in [-0.1, -0.05) is 19.3 Å². The summed E-state index contributed by atoms with van der Waals surface area (Å²) < 4.78 is 19.6. The summed E-state index contributed by atoms with van der Waals surface area (Å²) in [7, 11) is 1.53. The molecule has 1 N–H and O–H groups in total. The average molecular weight is 428 g/mol. The molecular weight excluding hydrogens is 397 g/mol. The van der Waals surface area contributed by atoms with E-state index in [1.165, 1.54) is 19.6 Å². The molecule has 1 atom stereocenters. The molecule has 1 aromatic heterocycles. The van der Waals surface area contributed by atoms with Gasteiger partial charge >= 0.3 is 0 Å². The Hall–Kier alpha value is -2.90. The number of halogens is 1. The van der Waals surface area contributed by atoms with E-state index >= 15 is 0 Å². The number of amides is 1. The van der Waals surface area contributed by atoms with Crippen LogP contribution < -0.4 is 19.9 Å². The number of anilines is 2. The Balaban J connectivity index is 1.42. The number of benzene rings is 1. The predicted octanol–water partition coefficient (Wildman–Crippen LogP) is 3.40. The van der Waals surface area contributed by atoms with Gasteiger partial charge in [0.2, 0.25) is 5.95 Å². The standard InChI is InChI=1S/C23H30FN5O2/c1-16-15-28(21-9-8-18(31-2)14-19(21)24)12-13-29(16)23-25-11-10-20(27-23)22(30)26-17-6-4-3-5-7-17/h8-11,14,16-17H,3-7,12-13,15H2,1-2H3,(H,26,30). The normalized spacial score (nSPS) is 19.9. The molecule has 2 aliphatic rings. The van der Waals surface area contributed by atoms with Crippen LogP contribution in [0.25, 0.3) is 0 Å². The van der Waals surface area contributed by atoms with Gasteiger partial charge in [0.1, 0.15) is 17.3 Å². The van der Waals surface area contributed by atoms with Crippen molar-refractivity contribution in [3.05, 3.63) is 42.0 Å². The van der Waals surface area contributed by atoms with Gasteiger partial charge in [-0.05, 0) is 38.0 Å². The molecule has 1 aliphatic carbocycles. The van der Waals surface area contributed by atoms with Crippen molar-refractivity contribution in [3.63, 3.8) is 0 Å². The highest BCUT2D eigenvalue weighted by atomic mass is 19.1. The van der Waals surface area contributed by atoms with Crippen LogP contribution in [-0.4, -0.2) is 54.7 Å². The maximum atomic E-state index is 14.5. The highest BCUT2D eigenvalue weighted by molar-refractivity contribution is 5.92. The fourth-order valence-electron chi connectivity index (χ4n) is 4.46. The molecule has 4 rings (SSSR count). The molecule has 0 bridgehead atoms. The third kappa shape index (κ3) is 4.89. The number of methoxy groups -OCH3 is 1. The van der Waals surface area contributed by atoms with E-state index in [0.717, 1.165) is 25.7 Å². The van der Waals surface area contributed by atoms with Crippen LogP contribution in [0.4, 0.5) is 16.0 Å². The zero-order valence-electron chi connectivity index (χ0n) is 18.2. The Kier molecular flexibility index (Phi) is 6.53. The van der Waals surface area contributed by atoms with E-state index in [1.54, 1.807) is 24.4 Å². The van der Waals surface area contributed by atoms with Crippen LogP contribution in [0, 0.1) is 5.82 Å². The number of nitrogens with one attached hydrogen (secondary N) is 1. The molecule has 7 nitrogen and oxygen atoms in total. The Labute approximate surface area is 182 Å². The quantitative estimate of drug-likeness (QED) is 0.789. The van der Waals surface area contributed by atoms with Gasteiger partial charge < -0.3 is 19.9 Å². The molecule has 0 spiro atoms. The Morgan fingerprint density at radius 1 is 1.19 bits per heavy atom. The van der Waals surface area contributed by atoms with Gasteiger partial charge in [-0.25, -0.2) is 14.4 Å². The Morgan fingerprint density at radius 2 is 2.00 bits per heavy atom. The fraction of sp³-hybridized carbons (Fsp3) is 0.522. The lowest BCUT2D eigenvalue weighted by molar-refractivity contribution is 0.0922. The predicted molar refractivity (Wildman–Crippen MR) is 118 cm³/mol. The average Bonchev–Trinajstić information content (AvgIpc) is 2.79. The van der Waals surface area contributed by atoms with E-state index in [2.05, 4.69) is 27.1 Å². The molecule has 2 fully saturated rings. The molecule has 2 heterocycles. The molecule has 2 aromatic rings. The lowest BCUT2D eigenvalue weighted by Gasteiger charge is -2.41. The van der Waals surface area contributed by atoms with Crippen molar-refractivity contribution in [3.8, 4) is 5.75 Å². The summed E-state index contributed by atoms with van der Waals surface area (Å²) in [5.41, 5.74) is 0.959. The summed E-state index contributed by atoms with van der Waals surface area (Å²) in [6, 6.07) is 6.89. The molecule has 0 radical (unpaired) electrons. The third-order valence-corrected chi connectivity index (χ3v) is 6.20. The molecule has 1 unspecified atom stereocenters. The number of carbonyl (C=O) groups excluding carboxylic acids is 1. The minimum absolute atomic E-state index is 0.0620. The van der Waals surface area contributed by atoms with E-state index in [0.29, 0.717) is 42.7 Å². The molecule has 8 heteroatoms. The van der Waals surface area contributed by atoms with E-state index in [9.17, 15) is 9.18 Å². The number of ether oxygens (including phenoxy) is 1.